The van der Waals surface area contributed by atoms with Crippen molar-refractivity contribution < 1.29 is 4.74 Å². The molecule has 5 heteroatoms. The predicted octanol–water partition coefficient (Wildman–Crippen LogP) is 2.81. The van der Waals surface area contributed by atoms with Crippen molar-refractivity contribution in [3.8, 4) is 17.0 Å². The quantitative estimate of drug-likeness (QED) is 0.777. The molecule has 0 aliphatic heterocycles. The second-order valence-corrected chi connectivity index (χ2v) is 4.18. The first-order valence-corrected chi connectivity index (χ1v) is 6.25. The summed E-state index contributed by atoms with van der Waals surface area (Å²) in [6.07, 6.45) is 7.88. The van der Waals surface area contributed by atoms with Crippen LogP contribution in [0.1, 0.15) is 13.3 Å². The molecule has 0 fully saturated rings. The van der Waals surface area contributed by atoms with Crippen LogP contribution in [0, 0.1) is 0 Å². The lowest BCUT2D eigenvalue weighted by atomic mass is 10.1. The molecule has 3 aromatic rings. The molecule has 96 valence electrons. The van der Waals surface area contributed by atoms with Gasteiger partial charge in [0.2, 0.25) is 0 Å². The maximum atomic E-state index is 5.79. The average Bonchev–Trinajstić information content (AvgIpc) is 2.90. The van der Waals surface area contributed by atoms with Crippen molar-refractivity contribution in [2.75, 3.05) is 6.61 Å². The summed E-state index contributed by atoms with van der Waals surface area (Å²) in [5.41, 5.74) is 2.65. The van der Waals surface area contributed by atoms with Crippen molar-refractivity contribution in [1.29, 1.82) is 0 Å². The van der Waals surface area contributed by atoms with E-state index in [1.807, 2.05) is 18.3 Å². The highest BCUT2D eigenvalue weighted by atomic mass is 16.5. The van der Waals surface area contributed by atoms with Gasteiger partial charge in [-0.25, -0.2) is 15.0 Å². The van der Waals surface area contributed by atoms with Crippen molar-refractivity contribution in [3.63, 3.8) is 0 Å². The van der Waals surface area contributed by atoms with Crippen LogP contribution in [0.5, 0.6) is 5.75 Å². The molecule has 19 heavy (non-hydrogen) atoms. The smallest absolute Gasteiger partial charge is 0.141 e. The van der Waals surface area contributed by atoms with E-state index in [-0.39, 0.29) is 0 Å². The number of H-pyrrole nitrogens is 1. The Bertz CT molecular complexity index is 678. The summed E-state index contributed by atoms with van der Waals surface area (Å²) < 4.78 is 5.79. The maximum absolute atomic E-state index is 5.79. The van der Waals surface area contributed by atoms with Gasteiger partial charge in [0.15, 0.2) is 0 Å². The van der Waals surface area contributed by atoms with Crippen molar-refractivity contribution in [1.82, 2.24) is 19.9 Å². The second-order valence-electron chi connectivity index (χ2n) is 4.18. The number of nitrogens with one attached hydrogen (secondary N) is 1. The molecule has 0 aliphatic carbocycles. The van der Waals surface area contributed by atoms with E-state index in [0.29, 0.717) is 6.61 Å². The van der Waals surface area contributed by atoms with Gasteiger partial charge in [-0.05, 0) is 18.6 Å². The summed E-state index contributed by atoms with van der Waals surface area (Å²) in [6, 6.07) is 3.76. The van der Waals surface area contributed by atoms with E-state index >= 15 is 0 Å². The lowest BCUT2D eigenvalue weighted by Gasteiger charge is -2.07. The van der Waals surface area contributed by atoms with Crippen molar-refractivity contribution >= 4 is 11.0 Å². The summed E-state index contributed by atoms with van der Waals surface area (Å²) in [5.74, 6) is 0.835. The molecule has 3 rings (SSSR count). The van der Waals surface area contributed by atoms with Gasteiger partial charge in [-0.1, -0.05) is 6.92 Å². The summed E-state index contributed by atoms with van der Waals surface area (Å²) >= 11 is 0. The molecule has 0 saturated heterocycles. The molecule has 0 bridgehead atoms. The number of ether oxygens (including phenoxy) is 1. The van der Waals surface area contributed by atoms with Crippen LogP contribution in [-0.4, -0.2) is 26.5 Å². The minimum atomic E-state index is 0.688. The Labute approximate surface area is 110 Å². The van der Waals surface area contributed by atoms with E-state index in [9.17, 15) is 0 Å². The summed E-state index contributed by atoms with van der Waals surface area (Å²) in [4.78, 5) is 15.7. The Balaban J connectivity index is 2.15. The van der Waals surface area contributed by atoms with Crippen LogP contribution in [-0.2, 0) is 0 Å². The first-order chi connectivity index (χ1) is 9.40. The van der Waals surface area contributed by atoms with Gasteiger partial charge in [0, 0.05) is 24.2 Å². The molecule has 0 spiro atoms. The molecule has 0 aliphatic rings. The number of nitrogens with zero attached hydrogens (tertiary/aromatic N) is 3. The molecule has 0 saturated carbocycles. The third kappa shape index (κ3) is 2.14. The first-order valence-electron chi connectivity index (χ1n) is 6.25. The average molecular weight is 254 g/mol. The van der Waals surface area contributed by atoms with Crippen LogP contribution in [0.25, 0.3) is 22.3 Å². The molecule has 3 aromatic heterocycles. The SMILES string of the molecule is CCCOc1ccnc2[nH]cc(-c3ccncn3)c12. The molecule has 0 amide bonds. The van der Waals surface area contributed by atoms with Crippen molar-refractivity contribution in [3.05, 3.63) is 37.1 Å². The zero-order valence-electron chi connectivity index (χ0n) is 10.6. The minimum absolute atomic E-state index is 0.688. The van der Waals surface area contributed by atoms with Gasteiger partial charge in [0.25, 0.3) is 0 Å². The normalized spacial score (nSPS) is 10.8. The molecule has 5 nitrogen and oxygen atoms in total. The highest BCUT2D eigenvalue weighted by molar-refractivity contribution is 5.97. The predicted molar refractivity (Wildman–Crippen MR) is 72.9 cm³/mol. The molecule has 0 atom stereocenters. The van der Waals surface area contributed by atoms with Crippen LogP contribution in [0.4, 0.5) is 0 Å². The Morgan fingerprint density at radius 1 is 1.21 bits per heavy atom. The zero-order chi connectivity index (χ0) is 13.1. The third-order valence-corrected chi connectivity index (χ3v) is 2.85. The summed E-state index contributed by atoms with van der Waals surface area (Å²) in [6.45, 7) is 2.77. The Kier molecular flexibility index (Phi) is 3.10. The van der Waals surface area contributed by atoms with Crippen LogP contribution in [0.2, 0.25) is 0 Å². The number of aromatic nitrogens is 4. The number of rotatable bonds is 4. The Morgan fingerprint density at radius 3 is 2.95 bits per heavy atom. The second kappa shape index (κ2) is 5.06. The zero-order valence-corrected chi connectivity index (χ0v) is 10.6. The minimum Gasteiger partial charge on any atom is -0.493 e. The first kappa shape index (κ1) is 11.6. The van der Waals surface area contributed by atoms with Crippen LogP contribution in [0.3, 0.4) is 0 Å². The Hall–Kier alpha value is -2.43. The lowest BCUT2D eigenvalue weighted by molar-refractivity contribution is 0.321. The third-order valence-electron chi connectivity index (χ3n) is 2.85. The summed E-state index contributed by atoms with van der Waals surface area (Å²) in [5, 5.41) is 0.967. The summed E-state index contributed by atoms with van der Waals surface area (Å²) in [7, 11) is 0. The number of fused-ring (bicyclic) bond motifs is 1. The number of hydrogen-bond acceptors (Lipinski definition) is 4. The van der Waals surface area contributed by atoms with E-state index in [4.69, 9.17) is 4.74 Å². The van der Waals surface area contributed by atoms with E-state index in [1.54, 1.807) is 12.4 Å². The van der Waals surface area contributed by atoms with E-state index < -0.39 is 0 Å². The number of aromatic amines is 1. The van der Waals surface area contributed by atoms with Crippen LogP contribution in [0.15, 0.2) is 37.1 Å². The fraction of sp³-hybridized carbons (Fsp3) is 0.214. The fourth-order valence-corrected chi connectivity index (χ4v) is 2.01. The molecule has 1 N–H and O–H groups in total. The van der Waals surface area contributed by atoms with Gasteiger partial charge < -0.3 is 9.72 Å². The largest absolute Gasteiger partial charge is 0.493 e. The van der Waals surface area contributed by atoms with Gasteiger partial charge in [-0.3, -0.25) is 0 Å². The molecule has 3 heterocycles. The van der Waals surface area contributed by atoms with Crippen LogP contribution < -0.4 is 4.74 Å². The molecule has 0 aromatic carbocycles. The molecule has 0 radical (unpaired) electrons. The molecular weight excluding hydrogens is 240 g/mol. The van der Waals surface area contributed by atoms with Gasteiger partial charge in [0.1, 0.15) is 17.7 Å². The van der Waals surface area contributed by atoms with E-state index in [0.717, 1.165) is 34.5 Å². The van der Waals surface area contributed by atoms with Gasteiger partial charge in [-0.2, -0.15) is 0 Å². The lowest BCUT2D eigenvalue weighted by Crippen LogP contribution is -1.96. The standard InChI is InChI=1S/C14H14N4O/c1-2-7-19-12-4-6-16-14-13(12)10(8-17-14)11-3-5-15-9-18-11/h3-6,8-9H,2,7H2,1H3,(H,16,17). The van der Waals surface area contributed by atoms with E-state index in [2.05, 4.69) is 26.9 Å². The van der Waals surface area contributed by atoms with Gasteiger partial charge >= 0.3 is 0 Å². The highest BCUT2D eigenvalue weighted by Gasteiger charge is 2.12. The van der Waals surface area contributed by atoms with Gasteiger partial charge in [0.05, 0.1) is 17.7 Å². The Morgan fingerprint density at radius 2 is 2.16 bits per heavy atom. The fourth-order valence-electron chi connectivity index (χ4n) is 2.01. The number of pyridine rings is 1. The van der Waals surface area contributed by atoms with Crippen LogP contribution >= 0.6 is 0 Å². The highest BCUT2D eigenvalue weighted by Crippen LogP contribution is 2.33. The number of hydrogen-bond donors (Lipinski definition) is 1. The van der Waals surface area contributed by atoms with E-state index in [1.165, 1.54) is 6.33 Å². The topological polar surface area (TPSA) is 63.7 Å². The monoisotopic (exact) mass is 254 g/mol. The van der Waals surface area contributed by atoms with Crippen molar-refractivity contribution in [2.24, 2.45) is 0 Å². The maximum Gasteiger partial charge on any atom is 0.141 e. The molecule has 0 unspecified atom stereocenters. The van der Waals surface area contributed by atoms with Gasteiger partial charge in [-0.15, -0.1) is 0 Å². The molecular formula is C14H14N4O. The van der Waals surface area contributed by atoms with Crippen molar-refractivity contribution in [2.45, 2.75) is 13.3 Å².